The lowest BCUT2D eigenvalue weighted by atomic mass is 10.1. The van der Waals surface area contributed by atoms with E-state index in [1.54, 1.807) is 17.3 Å². The quantitative estimate of drug-likeness (QED) is 0.478. The topological polar surface area (TPSA) is 112 Å². The second kappa shape index (κ2) is 10.7. The molecule has 37 heavy (non-hydrogen) atoms. The first-order valence-electron chi connectivity index (χ1n) is 11.2. The fourth-order valence-electron chi connectivity index (χ4n) is 3.57. The van der Waals surface area contributed by atoms with Gasteiger partial charge in [-0.3, -0.25) is 9.78 Å². The Hall–Kier alpha value is -3.74. The molecule has 1 aliphatic carbocycles. The highest BCUT2D eigenvalue weighted by molar-refractivity contribution is 6.31. The first-order chi connectivity index (χ1) is 17.5. The summed E-state index contributed by atoms with van der Waals surface area (Å²) in [4.78, 5) is 39.3. The van der Waals surface area contributed by atoms with Gasteiger partial charge in [0.05, 0.1) is 16.7 Å². The molecule has 9 nitrogen and oxygen atoms in total. The first kappa shape index (κ1) is 26.3. The van der Waals surface area contributed by atoms with Crippen molar-refractivity contribution in [2.75, 3.05) is 36.4 Å². The number of piperazine rings is 1. The van der Waals surface area contributed by atoms with Crippen molar-refractivity contribution in [1.29, 1.82) is 0 Å². The van der Waals surface area contributed by atoms with Gasteiger partial charge in [0.25, 0.3) is 5.91 Å². The monoisotopic (exact) mass is 540 g/mol. The number of hydrogen-bond donors (Lipinski definition) is 2. The van der Waals surface area contributed by atoms with Crippen molar-refractivity contribution in [3.63, 3.8) is 0 Å². The molecule has 3 aromatic rings. The number of alkyl halides is 3. The van der Waals surface area contributed by atoms with Crippen LogP contribution >= 0.6 is 11.6 Å². The Morgan fingerprint density at radius 3 is 2.32 bits per heavy atom. The summed E-state index contributed by atoms with van der Waals surface area (Å²) in [5, 5.41) is 10.6. The molecule has 196 valence electrons. The Balaban J connectivity index is 0.000000405. The molecule has 3 heterocycles. The summed E-state index contributed by atoms with van der Waals surface area (Å²) in [6, 6.07) is 6.37. The number of carboxylic acids is 1. The van der Waals surface area contributed by atoms with Crippen molar-refractivity contribution >= 4 is 46.1 Å². The number of anilines is 2. The minimum absolute atomic E-state index is 0.0460. The number of pyridine rings is 1. The minimum Gasteiger partial charge on any atom is -0.475 e. The van der Waals surface area contributed by atoms with Crippen LogP contribution in [0.15, 0.2) is 36.7 Å². The van der Waals surface area contributed by atoms with Crippen LogP contribution < -0.4 is 10.2 Å². The SMILES string of the molecule is O=C(O)C(F)(F)F.O=C(c1ccc(F)c(Cl)c1)N1CCN(c2nc3cnccc3nc2NC2CC2)CC1. The molecule has 5 rings (SSSR count). The number of nitrogens with one attached hydrogen (secondary N) is 1. The van der Waals surface area contributed by atoms with E-state index in [0.717, 1.165) is 35.5 Å². The van der Waals surface area contributed by atoms with Crippen molar-refractivity contribution < 1.29 is 32.3 Å². The molecule has 1 saturated heterocycles. The van der Waals surface area contributed by atoms with Gasteiger partial charge in [-0.15, -0.1) is 0 Å². The molecule has 2 N–H and O–H groups in total. The largest absolute Gasteiger partial charge is 0.490 e. The predicted molar refractivity (Wildman–Crippen MR) is 127 cm³/mol. The molecule has 2 aliphatic rings. The average Bonchev–Trinajstić information content (AvgIpc) is 3.69. The highest BCUT2D eigenvalue weighted by atomic mass is 35.5. The van der Waals surface area contributed by atoms with E-state index in [1.807, 2.05) is 6.07 Å². The zero-order valence-corrected chi connectivity index (χ0v) is 19.9. The van der Waals surface area contributed by atoms with Crippen LogP contribution in [-0.2, 0) is 4.79 Å². The van der Waals surface area contributed by atoms with Gasteiger partial charge in [-0.05, 0) is 37.1 Å². The second-order valence-electron chi connectivity index (χ2n) is 8.39. The van der Waals surface area contributed by atoms with Crippen molar-refractivity contribution in [2.45, 2.75) is 25.1 Å². The number of hydrogen-bond acceptors (Lipinski definition) is 7. The van der Waals surface area contributed by atoms with Gasteiger partial charge in [0.1, 0.15) is 11.3 Å². The van der Waals surface area contributed by atoms with E-state index in [0.29, 0.717) is 37.8 Å². The van der Waals surface area contributed by atoms with Crippen LogP contribution in [0.1, 0.15) is 23.2 Å². The zero-order chi connectivity index (χ0) is 26.7. The summed E-state index contributed by atoms with van der Waals surface area (Å²) < 4.78 is 45.1. The third-order valence-electron chi connectivity index (χ3n) is 5.64. The number of aliphatic carboxylic acids is 1. The number of fused-ring (bicyclic) bond motifs is 1. The third kappa shape index (κ3) is 6.53. The molecule has 1 amide bonds. The molecule has 0 radical (unpaired) electrons. The Kier molecular flexibility index (Phi) is 7.62. The van der Waals surface area contributed by atoms with E-state index in [9.17, 15) is 22.4 Å². The van der Waals surface area contributed by atoms with Gasteiger partial charge < -0.3 is 20.2 Å². The highest BCUT2D eigenvalue weighted by Crippen LogP contribution is 2.31. The van der Waals surface area contributed by atoms with E-state index in [2.05, 4.69) is 15.2 Å². The van der Waals surface area contributed by atoms with Crippen molar-refractivity contribution in [1.82, 2.24) is 19.9 Å². The molecule has 0 bridgehead atoms. The summed E-state index contributed by atoms with van der Waals surface area (Å²) in [7, 11) is 0. The van der Waals surface area contributed by atoms with Crippen LogP contribution in [0, 0.1) is 5.82 Å². The number of carbonyl (C=O) groups is 2. The van der Waals surface area contributed by atoms with Gasteiger partial charge in [-0.25, -0.2) is 19.2 Å². The Bertz CT molecular complexity index is 1310. The van der Waals surface area contributed by atoms with E-state index < -0.39 is 18.0 Å². The van der Waals surface area contributed by atoms with Gasteiger partial charge in [0.15, 0.2) is 11.6 Å². The number of halogens is 5. The van der Waals surface area contributed by atoms with Crippen molar-refractivity contribution in [3.05, 3.63) is 53.1 Å². The molecule has 14 heteroatoms. The standard InChI is InChI=1S/C21H20ClFN6O.C2HF3O2/c22-15-11-13(1-4-16(15)23)21(30)29-9-7-28(8-10-29)20-19(25-14-2-3-14)26-17-5-6-24-12-18(17)27-20;3-2(4,5)1(6)7/h1,4-6,11-12,14H,2-3,7-10H2,(H,25,26);(H,6,7). The molecule has 1 aliphatic heterocycles. The Morgan fingerprint density at radius 2 is 1.73 bits per heavy atom. The maximum absolute atomic E-state index is 13.4. The number of carboxylic acid groups (broad SMARTS) is 1. The van der Waals surface area contributed by atoms with E-state index in [1.165, 1.54) is 18.2 Å². The summed E-state index contributed by atoms with van der Waals surface area (Å²) in [6.07, 6.45) is 0.616. The van der Waals surface area contributed by atoms with Gasteiger partial charge in [0.2, 0.25) is 0 Å². The van der Waals surface area contributed by atoms with Gasteiger partial charge in [-0.2, -0.15) is 13.2 Å². The maximum Gasteiger partial charge on any atom is 0.490 e. The number of benzene rings is 1. The zero-order valence-electron chi connectivity index (χ0n) is 19.2. The van der Waals surface area contributed by atoms with Gasteiger partial charge in [-0.1, -0.05) is 11.6 Å². The normalized spacial score (nSPS) is 15.7. The number of carbonyl (C=O) groups excluding carboxylic acids is 1. The molecular weight excluding hydrogens is 520 g/mol. The number of rotatable bonds is 4. The Morgan fingerprint density at radius 1 is 1.05 bits per heavy atom. The van der Waals surface area contributed by atoms with Crippen LogP contribution in [-0.4, -0.2) is 75.2 Å². The molecule has 2 fully saturated rings. The van der Waals surface area contributed by atoms with Crippen molar-refractivity contribution in [3.8, 4) is 0 Å². The molecular formula is C23H21ClF4N6O3. The highest BCUT2D eigenvalue weighted by Gasteiger charge is 2.38. The average molecular weight is 541 g/mol. The number of amides is 1. The van der Waals surface area contributed by atoms with Crippen molar-refractivity contribution in [2.24, 2.45) is 0 Å². The molecule has 2 aromatic heterocycles. The fourth-order valence-corrected chi connectivity index (χ4v) is 3.75. The first-order valence-corrected chi connectivity index (χ1v) is 11.6. The lowest BCUT2D eigenvalue weighted by Crippen LogP contribution is -2.49. The van der Waals surface area contributed by atoms with E-state index in [-0.39, 0.29) is 10.9 Å². The van der Waals surface area contributed by atoms with Crippen LogP contribution in [0.2, 0.25) is 5.02 Å². The summed E-state index contributed by atoms with van der Waals surface area (Å²) in [5.41, 5.74) is 1.94. The number of aromatic nitrogens is 3. The van der Waals surface area contributed by atoms with Crippen LogP contribution in [0.3, 0.4) is 0 Å². The summed E-state index contributed by atoms with van der Waals surface area (Å²) >= 11 is 5.83. The smallest absolute Gasteiger partial charge is 0.475 e. The van der Waals surface area contributed by atoms with E-state index in [4.69, 9.17) is 31.5 Å². The predicted octanol–water partition coefficient (Wildman–Crippen LogP) is 3.99. The Labute approximate surface area is 213 Å². The molecule has 1 saturated carbocycles. The molecule has 0 spiro atoms. The fraction of sp³-hybridized carbons (Fsp3) is 0.348. The summed E-state index contributed by atoms with van der Waals surface area (Å²) in [6.45, 7) is 2.31. The van der Waals surface area contributed by atoms with Crippen LogP contribution in [0.4, 0.5) is 29.2 Å². The van der Waals surface area contributed by atoms with Gasteiger partial charge >= 0.3 is 12.1 Å². The molecule has 0 unspecified atom stereocenters. The second-order valence-corrected chi connectivity index (χ2v) is 8.80. The third-order valence-corrected chi connectivity index (χ3v) is 5.93. The lowest BCUT2D eigenvalue weighted by molar-refractivity contribution is -0.192. The number of nitrogens with zero attached hydrogens (tertiary/aromatic N) is 5. The van der Waals surface area contributed by atoms with Gasteiger partial charge in [0, 0.05) is 44.0 Å². The lowest BCUT2D eigenvalue weighted by Gasteiger charge is -2.36. The minimum atomic E-state index is -5.08. The van der Waals surface area contributed by atoms with E-state index >= 15 is 0 Å². The molecule has 0 atom stereocenters. The van der Waals surface area contributed by atoms with Crippen LogP contribution in [0.5, 0.6) is 0 Å². The summed E-state index contributed by atoms with van der Waals surface area (Å²) in [5.74, 6) is -1.87. The maximum atomic E-state index is 13.4. The molecule has 1 aromatic carbocycles. The van der Waals surface area contributed by atoms with Crippen LogP contribution in [0.25, 0.3) is 11.0 Å².